The fourth-order valence-corrected chi connectivity index (χ4v) is 2.97. The van der Waals surface area contributed by atoms with Gasteiger partial charge in [0.25, 0.3) is 0 Å². The van der Waals surface area contributed by atoms with Crippen LogP contribution in [0.15, 0.2) is 29.2 Å². The number of nitrogens with one attached hydrogen (secondary N) is 1. The van der Waals surface area contributed by atoms with E-state index in [4.69, 9.17) is 16.7 Å². The van der Waals surface area contributed by atoms with E-state index in [-0.39, 0.29) is 17.4 Å². The van der Waals surface area contributed by atoms with Gasteiger partial charge >= 0.3 is 5.97 Å². The van der Waals surface area contributed by atoms with Gasteiger partial charge in [-0.05, 0) is 44.0 Å². The number of carbonyl (C=O) groups is 1. The topological polar surface area (TPSA) is 83.5 Å². The highest BCUT2D eigenvalue weighted by Gasteiger charge is 2.17. The number of sulfonamides is 1. The summed E-state index contributed by atoms with van der Waals surface area (Å²) in [6.07, 6.45) is 0.936. The van der Waals surface area contributed by atoms with Crippen LogP contribution in [-0.2, 0) is 14.8 Å². The van der Waals surface area contributed by atoms with Gasteiger partial charge in [0.05, 0.1) is 4.90 Å². The zero-order chi connectivity index (χ0) is 14.5. The molecule has 0 bridgehead atoms. The number of benzene rings is 1. The number of aliphatic carboxylic acids is 1. The van der Waals surface area contributed by atoms with Crippen molar-refractivity contribution in [3.63, 3.8) is 0 Å². The summed E-state index contributed by atoms with van der Waals surface area (Å²) in [6, 6.07) is 5.54. The second-order valence-electron chi connectivity index (χ2n) is 4.26. The molecule has 0 saturated carbocycles. The maximum absolute atomic E-state index is 12.0. The molecule has 1 atom stereocenters. The minimum Gasteiger partial charge on any atom is -0.481 e. The van der Waals surface area contributed by atoms with Crippen molar-refractivity contribution in [1.82, 2.24) is 4.72 Å². The molecule has 1 rings (SSSR count). The molecule has 0 aliphatic carbocycles. The van der Waals surface area contributed by atoms with Gasteiger partial charge in [-0.25, -0.2) is 13.1 Å². The van der Waals surface area contributed by atoms with E-state index in [2.05, 4.69) is 4.72 Å². The Labute approximate surface area is 117 Å². The first-order valence-corrected chi connectivity index (χ1v) is 7.67. The quantitative estimate of drug-likeness (QED) is 0.809. The number of halogens is 1. The van der Waals surface area contributed by atoms with Gasteiger partial charge < -0.3 is 5.11 Å². The first-order chi connectivity index (χ1) is 8.81. The number of rotatable bonds is 7. The predicted molar refractivity (Wildman–Crippen MR) is 72.7 cm³/mol. The van der Waals surface area contributed by atoms with Crippen LogP contribution in [0.3, 0.4) is 0 Å². The second kappa shape index (κ2) is 6.88. The Morgan fingerprint density at radius 2 is 1.95 bits per heavy atom. The summed E-state index contributed by atoms with van der Waals surface area (Å²) < 4.78 is 26.5. The van der Waals surface area contributed by atoms with E-state index >= 15 is 0 Å². The summed E-state index contributed by atoms with van der Waals surface area (Å²) in [6.45, 7) is 1.70. The molecule has 0 aromatic heterocycles. The normalized spacial score (nSPS) is 13.2. The van der Waals surface area contributed by atoms with Crippen LogP contribution in [0.5, 0.6) is 0 Å². The summed E-state index contributed by atoms with van der Waals surface area (Å²) in [5, 5.41) is 8.98. The monoisotopic (exact) mass is 305 g/mol. The third-order valence-electron chi connectivity index (χ3n) is 2.51. The smallest absolute Gasteiger partial charge is 0.303 e. The maximum atomic E-state index is 12.0. The molecule has 0 spiro atoms. The molecular weight excluding hydrogens is 290 g/mol. The van der Waals surface area contributed by atoms with Gasteiger partial charge in [-0.1, -0.05) is 11.6 Å². The van der Waals surface area contributed by atoms with Crippen LogP contribution in [0.25, 0.3) is 0 Å². The largest absolute Gasteiger partial charge is 0.481 e. The first-order valence-electron chi connectivity index (χ1n) is 5.81. The van der Waals surface area contributed by atoms with Crippen LogP contribution in [0, 0.1) is 0 Å². The van der Waals surface area contributed by atoms with Crippen molar-refractivity contribution in [2.24, 2.45) is 0 Å². The van der Waals surface area contributed by atoms with Crippen molar-refractivity contribution in [2.45, 2.75) is 37.1 Å². The van der Waals surface area contributed by atoms with E-state index in [1.54, 1.807) is 6.92 Å². The molecule has 1 aromatic rings. The highest BCUT2D eigenvalue weighted by molar-refractivity contribution is 7.89. The lowest BCUT2D eigenvalue weighted by Crippen LogP contribution is -2.32. The van der Waals surface area contributed by atoms with Crippen LogP contribution in [0.2, 0.25) is 5.02 Å². The summed E-state index contributed by atoms with van der Waals surface area (Å²) >= 11 is 5.69. The van der Waals surface area contributed by atoms with E-state index in [9.17, 15) is 13.2 Å². The lowest BCUT2D eigenvalue weighted by atomic mass is 10.1. The van der Waals surface area contributed by atoms with Gasteiger partial charge in [-0.2, -0.15) is 0 Å². The van der Waals surface area contributed by atoms with Crippen LogP contribution >= 0.6 is 11.6 Å². The number of carboxylic acid groups (broad SMARTS) is 1. The highest BCUT2D eigenvalue weighted by atomic mass is 35.5. The summed E-state index contributed by atoms with van der Waals surface area (Å²) in [7, 11) is -3.58. The first kappa shape index (κ1) is 15.9. The molecule has 0 radical (unpaired) electrons. The van der Waals surface area contributed by atoms with Gasteiger partial charge in [-0.15, -0.1) is 0 Å². The van der Waals surface area contributed by atoms with Crippen LogP contribution in [-0.4, -0.2) is 25.5 Å². The molecule has 106 valence electrons. The molecule has 7 heteroatoms. The Hall–Kier alpha value is -1.11. The molecule has 1 unspecified atom stereocenters. The minimum atomic E-state index is -3.58. The van der Waals surface area contributed by atoms with Crippen molar-refractivity contribution < 1.29 is 18.3 Å². The Morgan fingerprint density at radius 1 is 1.37 bits per heavy atom. The fourth-order valence-electron chi connectivity index (χ4n) is 1.57. The molecule has 0 heterocycles. The van der Waals surface area contributed by atoms with Crippen molar-refractivity contribution in [3.8, 4) is 0 Å². The zero-order valence-electron chi connectivity index (χ0n) is 10.5. The SMILES string of the molecule is CC(CCCC(=O)O)NS(=O)(=O)c1ccc(Cl)cc1. The molecule has 0 fully saturated rings. The summed E-state index contributed by atoms with van der Waals surface area (Å²) in [5.74, 6) is -0.882. The lowest BCUT2D eigenvalue weighted by Gasteiger charge is -2.13. The minimum absolute atomic E-state index is 0.0347. The molecule has 0 saturated heterocycles. The van der Waals surface area contributed by atoms with Gasteiger partial charge in [0, 0.05) is 17.5 Å². The van der Waals surface area contributed by atoms with Crippen LogP contribution in [0.1, 0.15) is 26.2 Å². The molecule has 0 aliphatic rings. The molecule has 5 nitrogen and oxygen atoms in total. The van der Waals surface area contributed by atoms with Crippen LogP contribution in [0.4, 0.5) is 0 Å². The Balaban J connectivity index is 2.59. The third-order valence-corrected chi connectivity index (χ3v) is 4.37. The average molecular weight is 306 g/mol. The molecular formula is C12H16ClNO4S. The van der Waals surface area contributed by atoms with E-state index < -0.39 is 16.0 Å². The number of hydrogen-bond acceptors (Lipinski definition) is 3. The molecule has 1 aromatic carbocycles. The Morgan fingerprint density at radius 3 is 2.47 bits per heavy atom. The average Bonchev–Trinajstić information content (AvgIpc) is 2.28. The van der Waals surface area contributed by atoms with Crippen LogP contribution < -0.4 is 4.72 Å². The fraction of sp³-hybridized carbons (Fsp3) is 0.417. The summed E-state index contributed by atoms with van der Waals surface area (Å²) in [5.41, 5.74) is 0. The molecule has 0 amide bonds. The van der Waals surface area contributed by atoms with Crippen molar-refractivity contribution in [1.29, 1.82) is 0 Å². The van der Waals surface area contributed by atoms with Crippen molar-refractivity contribution in [3.05, 3.63) is 29.3 Å². The molecule has 19 heavy (non-hydrogen) atoms. The molecule has 2 N–H and O–H groups in total. The van der Waals surface area contributed by atoms with E-state index in [1.807, 2.05) is 0 Å². The maximum Gasteiger partial charge on any atom is 0.303 e. The number of carboxylic acids is 1. The molecule has 0 aliphatic heterocycles. The lowest BCUT2D eigenvalue weighted by molar-refractivity contribution is -0.137. The van der Waals surface area contributed by atoms with Crippen molar-refractivity contribution >= 4 is 27.6 Å². The summed E-state index contributed by atoms with van der Waals surface area (Å²) in [4.78, 5) is 10.5. The van der Waals surface area contributed by atoms with E-state index in [1.165, 1.54) is 24.3 Å². The van der Waals surface area contributed by atoms with Crippen molar-refractivity contribution in [2.75, 3.05) is 0 Å². The van der Waals surface area contributed by atoms with Gasteiger partial charge in [0.1, 0.15) is 0 Å². The Kier molecular flexibility index (Phi) is 5.78. The van der Waals surface area contributed by atoms with Gasteiger partial charge in [0.2, 0.25) is 10.0 Å². The Bertz CT molecular complexity index is 527. The second-order valence-corrected chi connectivity index (χ2v) is 6.41. The zero-order valence-corrected chi connectivity index (χ0v) is 12.0. The standard InChI is InChI=1S/C12H16ClNO4S/c1-9(3-2-4-12(15)16)14-19(17,18)11-7-5-10(13)6-8-11/h5-9,14H,2-4H2,1H3,(H,15,16). The van der Waals surface area contributed by atoms with E-state index in [0.29, 0.717) is 17.9 Å². The van der Waals surface area contributed by atoms with E-state index in [0.717, 1.165) is 0 Å². The number of hydrogen-bond donors (Lipinski definition) is 2. The van der Waals surface area contributed by atoms with Gasteiger partial charge in [-0.3, -0.25) is 4.79 Å². The van der Waals surface area contributed by atoms with Gasteiger partial charge in [0.15, 0.2) is 0 Å². The third kappa shape index (κ3) is 5.59. The predicted octanol–water partition coefficient (Wildman–Crippen LogP) is 2.26. The highest BCUT2D eigenvalue weighted by Crippen LogP contribution is 2.15.